The molecule has 2 N–H and O–H groups in total. The monoisotopic (exact) mass is 172 g/mol. The summed E-state index contributed by atoms with van der Waals surface area (Å²) in [6, 6.07) is 0. The first kappa shape index (κ1) is 8.77. The summed E-state index contributed by atoms with van der Waals surface area (Å²) >= 11 is 4.77. The van der Waals surface area contributed by atoms with Gasteiger partial charge in [-0.25, -0.2) is 0 Å². The second-order valence-corrected chi connectivity index (χ2v) is 2.83. The third-order valence-electron chi connectivity index (χ3n) is 1.67. The van der Waals surface area contributed by atoms with Crippen molar-refractivity contribution < 1.29 is 4.79 Å². The minimum absolute atomic E-state index is 0.0955. The molecule has 1 fully saturated rings. The Balaban J connectivity index is 2.33. The second kappa shape index (κ2) is 4.54. The summed E-state index contributed by atoms with van der Waals surface area (Å²) in [7, 11) is 0. The van der Waals surface area contributed by atoms with E-state index in [4.69, 9.17) is 12.2 Å². The van der Waals surface area contributed by atoms with Crippen molar-refractivity contribution in [2.45, 2.75) is 19.0 Å². The molecule has 0 atom stereocenters. The van der Waals surface area contributed by atoms with E-state index in [0.717, 1.165) is 13.1 Å². The van der Waals surface area contributed by atoms with Crippen LogP contribution in [0.4, 0.5) is 0 Å². The summed E-state index contributed by atoms with van der Waals surface area (Å²) in [5.41, 5.74) is 0. The van der Waals surface area contributed by atoms with Crippen LogP contribution in [-0.2, 0) is 4.79 Å². The Labute approximate surface area is 71.5 Å². The molecular weight excluding hydrogens is 160 g/mol. The fourth-order valence-corrected chi connectivity index (χ4v) is 1.22. The van der Waals surface area contributed by atoms with Crippen LogP contribution in [0, 0.1) is 0 Å². The van der Waals surface area contributed by atoms with E-state index in [2.05, 4.69) is 10.6 Å². The number of nitrogens with one attached hydrogen (secondary N) is 2. The van der Waals surface area contributed by atoms with E-state index in [1.807, 2.05) is 0 Å². The SMILES string of the molecule is O=C1CCNC(C=S)NCC1. The first-order chi connectivity index (χ1) is 5.33. The molecule has 0 aliphatic carbocycles. The zero-order chi connectivity index (χ0) is 8.10. The van der Waals surface area contributed by atoms with Crippen molar-refractivity contribution in [1.29, 1.82) is 0 Å². The van der Waals surface area contributed by atoms with Crippen molar-refractivity contribution in [3.05, 3.63) is 0 Å². The number of Topliss-reactive ketones (excluding diaryl/α,β-unsaturated/α-hetero) is 1. The molecule has 0 amide bonds. The van der Waals surface area contributed by atoms with Gasteiger partial charge in [0.25, 0.3) is 0 Å². The minimum atomic E-state index is 0.0955. The van der Waals surface area contributed by atoms with E-state index in [9.17, 15) is 4.79 Å². The lowest BCUT2D eigenvalue weighted by molar-refractivity contribution is -0.119. The van der Waals surface area contributed by atoms with E-state index >= 15 is 0 Å². The van der Waals surface area contributed by atoms with Crippen molar-refractivity contribution in [1.82, 2.24) is 10.6 Å². The molecule has 0 bridgehead atoms. The van der Waals surface area contributed by atoms with Gasteiger partial charge in [-0.1, -0.05) is 12.2 Å². The maximum Gasteiger partial charge on any atom is 0.135 e. The molecule has 11 heavy (non-hydrogen) atoms. The molecule has 1 rings (SSSR count). The molecule has 62 valence electrons. The Hall–Kier alpha value is -0.320. The van der Waals surface area contributed by atoms with Crippen LogP contribution in [0.15, 0.2) is 0 Å². The predicted octanol–water partition coefficient (Wildman–Crippen LogP) is -0.146. The van der Waals surface area contributed by atoms with Gasteiger partial charge in [-0.2, -0.15) is 0 Å². The van der Waals surface area contributed by atoms with Crippen molar-refractivity contribution in [2.24, 2.45) is 0 Å². The molecule has 4 heteroatoms. The van der Waals surface area contributed by atoms with E-state index in [0.29, 0.717) is 18.6 Å². The van der Waals surface area contributed by atoms with E-state index in [1.165, 1.54) is 0 Å². The Morgan fingerprint density at radius 1 is 1.36 bits per heavy atom. The van der Waals surface area contributed by atoms with Crippen LogP contribution < -0.4 is 10.6 Å². The summed E-state index contributed by atoms with van der Waals surface area (Å²) in [5.74, 6) is 0.313. The summed E-state index contributed by atoms with van der Waals surface area (Å²) in [4.78, 5) is 10.9. The molecule has 3 nitrogen and oxygen atoms in total. The maximum absolute atomic E-state index is 10.9. The summed E-state index contributed by atoms with van der Waals surface area (Å²) in [5, 5.41) is 7.87. The third kappa shape index (κ3) is 3.05. The van der Waals surface area contributed by atoms with E-state index in [-0.39, 0.29) is 6.17 Å². The molecule has 0 unspecified atom stereocenters. The summed E-state index contributed by atoms with van der Waals surface area (Å²) in [6.45, 7) is 1.45. The summed E-state index contributed by atoms with van der Waals surface area (Å²) < 4.78 is 0. The van der Waals surface area contributed by atoms with Gasteiger partial charge in [-0.05, 0) is 0 Å². The van der Waals surface area contributed by atoms with Crippen molar-refractivity contribution in [3.8, 4) is 0 Å². The Morgan fingerprint density at radius 3 is 2.36 bits per heavy atom. The fourth-order valence-electron chi connectivity index (χ4n) is 1.03. The number of carbonyl (C=O) groups is 1. The largest absolute Gasteiger partial charge is 0.300 e. The molecule has 1 saturated heterocycles. The van der Waals surface area contributed by atoms with Gasteiger partial charge in [0.2, 0.25) is 0 Å². The first-order valence-corrected chi connectivity index (χ1v) is 4.24. The number of carbonyl (C=O) groups excluding carboxylic acids is 1. The smallest absolute Gasteiger partial charge is 0.135 e. The van der Waals surface area contributed by atoms with Crippen LogP contribution in [0.3, 0.4) is 0 Å². The molecular formula is C7H12N2OS. The van der Waals surface area contributed by atoms with Crippen molar-refractivity contribution in [3.63, 3.8) is 0 Å². The molecule has 0 aromatic carbocycles. The first-order valence-electron chi connectivity index (χ1n) is 3.76. The van der Waals surface area contributed by atoms with Gasteiger partial charge in [0.1, 0.15) is 5.78 Å². The Morgan fingerprint density at radius 2 is 1.91 bits per heavy atom. The molecule has 0 aromatic heterocycles. The number of ketones is 1. The zero-order valence-electron chi connectivity index (χ0n) is 6.30. The number of hydrogen-bond donors (Lipinski definition) is 2. The molecule has 1 heterocycles. The highest BCUT2D eigenvalue weighted by Crippen LogP contribution is 1.91. The topological polar surface area (TPSA) is 41.1 Å². The normalized spacial score (nSPS) is 22.4. The number of thiocarbonyl (C=S) groups is 1. The van der Waals surface area contributed by atoms with Crippen molar-refractivity contribution >= 4 is 23.4 Å². The Kier molecular flexibility index (Phi) is 3.62. The average Bonchev–Trinajstić information content (AvgIpc) is 1.96. The highest BCUT2D eigenvalue weighted by atomic mass is 32.1. The van der Waals surface area contributed by atoms with Gasteiger partial charge < -0.3 is 0 Å². The van der Waals surface area contributed by atoms with E-state index in [1.54, 1.807) is 5.37 Å². The van der Waals surface area contributed by atoms with Gasteiger partial charge in [0.05, 0.1) is 6.17 Å². The lowest BCUT2D eigenvalue weighted by atomic mass is 10.2. The van der Waals surface area contributed by atoms with Crippen LogP contribution in [-0.4, -0.2) is 30.4 Å². The molecule has 0 radical (unpaired) electrons. The highest BCUT2D eigenvalue weighted by molar-refractivity contribution is 7.79. The van der Waals surface area contributed by atoms with Gasteiger partial charge in [-0.3, -0.25) is 15.4 Å². The summed E-state index contributed by atoms with van der Waals surface area (Å²) in [6.07, 6.45) is 1.35. The molecule has 0 spiro atoms. The molecule has 0 aromatic rings. The fraction of sp³-hybridized carbons (Fsp3) is 0.714. The van der Waals surface area contributed by atoms with Crippen LogP contribution in [0.2, 0.25) is 0 Å². The zero-order valence-corrected chi connectivity index (χ0v) is 7.12. The quantitative estimate of drug-likeness (QED) is 0.540. The van der Waals surface area contributed by atoms with Gasteiger partial charge >= 0.3 is 0 Å². The molecule has 1 aliphatic rings. The number of rotatable bonds is 1. The minimum Gasteiger partial charge on any atom is -0.300 e. The number of hydrogen-bond acceptors (Lipinski definition) is 4. The van der Waals surface area contributed by atoms with Gasteiger partial charge in [0.15, 0.2) is 0 Å². The third-order valence-corrected chi connectivity index (χ3v) is 1.94. The van der Waals surface area contributed by atoms with E-state index < -0.39 is 0 Å². The highest BCUT2D eigenvalue weighted by Gasteiger charge is 2.09. The maximum atomic E-state index is 10.9. The lowest BCUT2D eigenvalue weighted by Gasteiger charge is -2.18. The van der Waals surface area contributed by atoms with Gasteiger partial charge in [-0.15, -0.1) is 0 Å². The average molecular weight is 172 g/mol. The second-order valence-electron chi connectivity index (χ2n) is 2.56. The van der Waals surface area contributed by atoms with Crippen LogP contribution in [0.25, 0.3) is 0 Å². The standard InChI is InChI=1S/C7H12N2OS/c10-6-1-3-8-7(5-11)9-4-2-6/h5,7-9H,1-4H2. The predicted molar refractivity (Wildman–Crippen MR) is 47.7 cm³/mol. The molecule has 0 saturated carbocycles. The lowest BCUT2D eigenvalue weighted by Crippen LogP contribution is -2.46. The van der Waals surface area contributed by atoms with Gasteiger partial charge in [0, 0.05) is 31.3 Å². The Bertz CT molecular complexity index is 149. The van der Waals surface area contributed by atoms with Crippen LogP contribution in [0.5, 0.6) is 0 Å². The van der Waals surface area contributed by atoms with Crippen LogP contribution >= 0.6 is 12.2 Å². The molecule has 1 aliphatic heterocycles. The van der Waals surface area contributed by atoms with Crippen LogP contribution in [0.1, 0.15) is 12.8 Å². The van der Waals surface area contributed by atoms with Crippen molar-refractivity contribution in [2.75, 3.05) is 13.1 Å².